The lowest BCUT2D eigenvalue weighted by Gasteiger charge is -2.26. The molecule has 0 radical (unpaired) electrons. The van der Waals surface area contributed by atoms with E-state index in [1.165, 1.54) is 0 Å². The minimum absolute atomic E-state index is 0. The van der Waals surface area contributed by atoms with Gasteiger partial charge in [-0.2, -0.15) is 0 Å². The van der Waals surface area contributed by atoms with E-state index in [-0.39, 0.29) is 24.0 Å². The van der Waals surface area contributed by atoms with Crippen LogP contribution in [0.4, 0.5) is 4.79 Å². The van der Waals surface area contributed by atoms with Crippen molar-refractivity contribution in [3.63, 3.8) is 0 Å². The Labute approximate surface area is 174 Å². The molecule has 0 bridgehead atoms. The van der Waals surface area contributed by atoms with Gasteiger partial charge in [-0.15, -0.1) is 24.0 Å². The zero-order chi connectivity index (χ0) is 19.7. The first kappa shape index (κ1) is 27.4. The third-order valence-electron chi connectivity index (χ3n) is 2.70. The number of hydrogen-bond donors (Lipinski definition) is 4. The van der Waals surface area contributed by atoms with Gasteiger partial charge < -0.3 is 20.7 Å². The molecular formula is C15H34IN5O4S. The molecule has 0 atom stereocenters. The van der Waals surface area contributed by atoms with Crippen molar-refractivity contribution in [1.82, 2.24) is 20.7 Å². The molecule has 0 saturated heterocycles. The first-order chi connectivity index (χ1) is 11.2. The molecule has 9 nitrogen and oxygen atoms in total. The van der Waals surface area contributed by atoms with Gasteiger partial charge in [-0.1, -0.05) is 0 Å². The molecule has 0 rings (SSSR count). The fourth-order valence-corrected chi connectivity index (χ4v) is 2.94. The molecule has 0 aromatic heterocycles. The summed E-state index contributed by atoms with van der Waals surface area (Å²) in [7, 11) is -1.65. The van der Waals surface area contributed by atoms with Crippen molar-refractivity contribution in [2.45, 2.75) is 52.2 Å². The van der Waals surface area contributed by atoms with Crippen LogP contribution in [0.25, 0.3) is 0 Å². The second-order valence-electron chi connectivity index (χ2n) is 7.39. The molecule has 4 N–H and O–H groups in total. The van der Waals surface area contributed by atoms with Gasteiger partial charge in [0.2, 0.25) is 10.0 Å². The average Bonchev–Trinajstić information content (AvgIpc) is 2.37. The summed E-state index contributed by atoms with van der Waals surface area (Å²) in [5.74, 6) is 0.556. The molecule has 0 saturated carbocycles. The molecule has 26 heavy (non-hydrogen) atoms. The normalized spacial score (nSPS) is 12.8. The minimum Gasteiger partial charge on any atom is -0.444 e. The minimum atomic E-state index is -3.28. The molecule has 0 aromatic rings. The van der Waals surface area contributed by atoms with Gasteiger partial charge in [0.1, 0.15) is 5.60 Å². The SMILES string of the molecule is CN=C(NCCCNC(=O)OC(C)(C)C)NCC(C)(C)NS(C)(=O)=O.I. The van der Waals surface area contributed by atoms with Crippen LogP contribution in [0.5, 0.6) is 0 Å². The smallest absolute Gasteiger partial charge is 0.407 e. The van der Waals surface area contributed by atoms with Gasteiger partial charge in [-0.3, -0.25) is 4.99 Å². The van der Waals surface area contributed by atoms with Crippen molar-refractivity contribution in [3.8, 4) is 0 Å². The van der Waals surface area contributed by atoms with E-state index in [2.05, 4.69) is 25.7 Å². The Morgan fingerprint density at radius 3 is 2.04 bits per heavy atom. The van der Waals surface area contributed by atoms with Gasteiger partial charge in [-0.05, 0) is 41.0 Å². The highest BCUT2D eigenvalue weighted by atomic mass is 127. The Bertz CT molecular complexity index is 559. The first-order valence-electron chi connectivity index (χ1n) is 8.14. The zero-order valence-electron chi connectivity index (χ0n) is 16.7. The Morgan fingerprint density at radius 2 is 1.58 bits per heavy atom. The lowest BCUT2D eigenvalue weighted by Crippen LogP contribution is -2.53. The van der Waals surface area contributed by atoms with E-state index in [1.807, 2.05) is 20.8 Å². The van der Waals surface area contributed by atoms with Crippen molar-refractivity contribution in [1.29, 1.82) is 0 Å². The van der Waals surface area contributed by atoms with E-state index in [9.17, 15) is 13.2 Å². The highest BCUT2D eigenvalue weighted by Crippen LogP contribution is 2.06. The third-order valence-corrected chi connectivity index (χ3v) is 3.62. The second-order valence-corrected chi connectivity index (χ2v) is 9.14. The van der Waals surface area contributed by atoms with Gasteiger partial charge in [0.05, 0.1) is 6.26 Å². The number of nitrogens with zero attached hydrogens (tertiary/aromatic N) is 1. The molecule has 0 fully saturated rings. The number of amides is 1. The Balaban J connectivity index is 0. The number of carbonyl (C=O) groups excluding carboxylic acids is 1. The summed E-state index contributed by atoms with van der Waals surface area (Å²) in [4.78, 5) is 15.6. The van der Waals surface area contributed by atoms with Gasteiger partial charge in [-0.25, -0.2) is 17.9 Å². The van der Waals surface area contributed by atoms with Crippen molar-refractivity contribution in [3.05, 3.63) is 0 Å². The molecule has 0 aromatic carbocycles. The molecule has 1 amide bonds. The number of ether oxygens (including phenoxy) is 1. The summed E-state index contributed by atoms with van der Waals surface area (Å²) in [6, 6.07) is 0. The van der Waals surface area contributed by atoms with Crippen LogP contribution in [0.3, 0.4) is 0 Å². The number of guanidine groups is 1. The highest BCUT2D eigenvalue weighted by molar-refractivity contribution is 14.0. The molecule has 0 spiro atoms. The van der Waals surface area contributed by atoms with Crippen molar-refractivity contribution in [2.75, 3.05) is 32.9 Å². The summed E-state index contributed by atoms with van der Waals surface area (Å²) < 4.78 is 30.3. The zero-order valence-corrected chi connectivity index (χ0v) is 19.9. The Morgan fingerprint density at radius 1 is 1.04 bits per heavy atom. The van der Waals surface area contributed by atoms with Crippen LogP contribution in [0.15, 0.2) is 4.99 Å². The predicted octanol–water partition coefficient (Wildman–Crippen LogP) is 1.01. The number of hydrogen-bond acceptors (Lipinski definition) is 5. The molecular weight excluding hydrogens is 473 g/mol. The molecule has 0 aliphatic heterocycles. The lowest BCUT2D eigenvalue weighted by atomic mass is 10.1. The molecule has 0 aliphatic carbocycles. The third kappa shape index (κ3) is 16.6. The second kappa shape index (κ2) is 11.8. The van der Waals surface area contributed by atoms with Crippen molar-refractivity contribution >= 4 is 46.1 Å². The van der Waals surface area contributed by atoms with Gasteiger partial charge >= 0.3 is 6.09 Å². The number of alkyl carbamates (subject to hydrolysis) is 1. The summed E-state index contributed by atoms with van der Waals surface area (Å²) in [6.07, 6.45) is 1.37. The topological polar surface area (TPSA) is 121 Å². The fraction of sp³-hybridized carbons (Fsp3) is 0.867. The van der Waals surface area contributed by atoms with Crippen LogP contribution in [0.1, 0.15) is 41.0 Å². The number of nitrogens with one attached hydrogen (secondary N) is 4. The molecule has 156 valence electrons. The summed E-state index contributed by atoms with van der Waals surface area (Å²) in [6.45, 7) is 10.4. The standard InChI is InChI=1S/C15H33N5O4S.HI/c1-14(2,3)24-13(21)18-10-8-9-17-12(16-6)19-11-15(4,5)20-25(7,22)23;/h20H,8-11H2,1-7H3,(H,18,21)(H2,16,17,19);1H. The van der Waals surface area contributed by atoms with Crippen LogP contribution in [-0.2, 0) is 14.8 Å². The molecule has 0 heterocycles. The van der Waals surface area contributed by atoms with Crippen molar-refractivity contribution < 1.29 is 17.9 Å². The Kier molecular flexibility index (Phi) is 12.4. The first-order valence-corrected chi connectivity index (χ1v) is 10.0. The predicted molar refractivity (Wildman–Crippen MR) is 116 cm³/mol. The molecule has 0 aliphatic rings. The maximum Gasteiger partial charge on any atom is 0.407 e. The van der Waals surface area contributed by atoms with E-state index < -0.39 is 27.3 Å². The van der Waals surface area contributed by atoms with Gasteiger partial charge in [0.15, 0.2) is 5.96 Å². The number of aliphatic imine (C=N–C) groups is 1. The van der Waals surface area contributed by atoms with Crippen LogP contribution < -0.4 is 20.7 Å². The van der Waals surface area contributed by atoms with E-state index in [0.29, 0.717) is 32.0 Å². The lowest BCUT2D eigenvalue weighted by molar-refractivity contribution is 0.0527. The number of rotatable bonds is 8. The number of sulfonamides is 1. The fourth-order valence-electron chi connectivity index (χ4n) is 1.86. The summed E-state index contributed by atoms with van der Waals surface area (Å²) in [5.41, 5.74) is -1.16. The number of carbonyl (C=O) groups is 1. The Hall–Kier alpha value is -0.820. The van der Waals surface area contributed by atoms with Crippen LogP contribution in [-0.4, -0.2) is 64.5 Å². The van der Waals surface area contributed by atoms with Crippen molar-refractivity contribution in [2.24, 2.45) is 4.99 Å². The average molecular weight is 507 g/mol. The van der Waals surface area contributed by atoms with E-state index >= 15 is 0 Å². The molecule has 0 unspecified atom stereocenters. The van der Waals surface area contributed by atoms with Crippen LogP contribution in [0.2, 0.25) is 0 Å². The van der Waals surface area contributed by atoms with E-state index in [1.54, 1.807) is 20.9 Å². The van der Waals surface area contributed by atoms with Gasteiger partial charge in [0.25, 0.3) is 0 Å². The largest absolute Gasteiger partial charge is 0.444 e. The van der Waals surface area contributed by atoms with Crippen LogP contribution >= 0.6 is 24.0 Å². The molecule has 11 heteroatoms. The van der Waals surface area contributed by atoms with Crippen LogP contribution in [0, 0.1) is 0 Å². The van der Waals surface area contributed by atoms with Gasteiger partial charge in [0, 0.05) is 32.2 Å². The van der Waals surface area contributed by atoms with E-state index in [4.69, 9.17) is 4.74 Å². The maximum atomic E-state index is 11.5. The summed E-state index contributed by atoms with van der Waals surface area (Å²) >= 11 is 0. The summed E-state index contributed by atoms with van der Waals surface area (Å²) in [5, 5.41) is 8.83. The quantitative estimate of drug-likeness (QED) is 0.169. The monoisotopic (exact) mass is 507 g/mol. The number of halogens is 1. The van der Waals surface area contributed by atoms with E-state index in [0.717, 1.165) is 6.26 Å². The maximum absolute atomic E-state index is 11.5. The highest BCUT2D eigenvalue weighted by Gasteiger charge is 2.22.